The maximum absolute atomic E-state index is 5.45. The van der Waals surface area contributed by atoms with Crippen LogP contribution in [-0.2, 0) is 0 Å². The van der Waals surface area contributed by atoms with Crippen molar-refractivity contribution in [1.29, 1.82) is 0 Å². The zero-order valence-corrected chi connectivity index (χ0v) is 8.45. The van der Waals surface area contributed by atoms with E-state index in [1.54, 1.807) is 0 Å². The number of rotatable bonds is 5. The smallest absolute Gasteiger partial charge is 0.0870 e. The van der Waals surface area contributed by atoms with Gasteiger partial charge in [0.1, 0.15) is 0 Å². The Hall–Kier alpha value is -0.150. The van der Waals surface area contributed by atoms with Crippen LogP contribution in [0.1, 0.15) is 27.2 Å². The van der Waals surface area contributed by atoms with E-state index < -0.39 is 0 Å². The van der Waals surface area contributed by atoms with E-state index >= 15 is 0 Å². The monoisotopic (exact) mass is 174 g/mol. The third-order valence-corrected chi connectivity index (χ3v) is 2.11. The van der Waals surface area contributed by atoms with E-state index in [0.717, 1.165) is 19.5 Å². The molecule has 66 valence electrons. The summed E-state index contributed by atoms with van der Waals surface area (Å²) < 4.78 is 0. The van der Waals surface area contributed by atoms with E-state index in [-0.39, 0.29) is 0 Å². The molecular formula is C8H18N2S. The van der Waals surface area contributed by atoms with Gasteiger partial charge >= 0.3 is 0 Å². The van der Waals surface area contributed by atoms with Gasteiger partial charge < -0.3 is 5.73 Å². The van der Waals surface area contributed by atoms with Crippen molar-refractivity contribution in [3.05, 3.63) is 0 Å². The zero-order valence-electron chi connectivity index (χ0n) is 7.63. The zero-order chi connectivity index (χ0) is 8.85. The van der Waals surface area contributed by atoms with Crippen molar-refractivity contribution in [3.8, 4) is 0 Å². The van der Waals surface area contributed by atoms with Gasteiger partial charge in [0.2, 0.25) is 0 Å². The van der Waals surface area contributed by atoms with Crippen molar-refractivity contribution in [3.63, 3.8) is 0 Å². The maximum atomic E-state index is 5.45. The van der Waals surface area contributed by atoms with Crippen LogP contribution in [0.25, 0.3) is 0 Å². The number of likely N-dealkylation sites (N-methyl/N-ethyl adjacent to an activating group) is 1. The Balaban J connectivity index is 3.84. The summed E-state index contributed by atoms with van der Waals surface area (Å²) in [5, 5.41) is 0. The van der Waals surface area contributed by atoms with Crippen LogP contribution in [0.15, 0.2) is 0 Å². The summed E-state index contributed by atoms with van der Waals surface area (Å²) in [6.45, 7) is 8.27. The number of nitrogens with zero attached hydrogens (tertiary/aromatic N) is 1. The molecule has 0 aliphatic carbocycles. The van der Waals surface area contributed by atoms with Crippen LogP contribution < -0.4 is 5.73 Å². The SMILES string of the molecule is CCC(C)N(CC)CC(N)=S. The quantitative estimate of drug-likeness (QED) is 0.639. The molecule has 0 amide bonds. The second-order valence-electron chi connectivity index (χ2n) is 2.79. The molecule has 0 saturated heterocycles. The van der Waals surface area contributed by atoms with Gasteiger partial charge in [-0.25, -0.2) is 0 Å². The Morgan fingerprint density at radius 3 is 2.36 bits per heavy atom. The van der Waals surface area contributed by atoms with Gasteiger partial charge in [0, 0.05) is 12.6 Å². The Kier molecular flexibility index (Phi) is 5.42. The molecule has 0 saturated carbocycles. The van der Waals surface area contributed by atoms with Crippen LogP contribution in [0.2, 0.25) is 0 Å². The van der Waals surface area contributed by atoms with Gasteiger partial charge in [-0.05, 0) is 19.9 Å². The third-order valence-electron chi connectivity index (χ3n) is 1.98. The Morgan fingerprint density at radius 1 is 1.55 bits per heavy atom. The highest BCUT2D eigenvalue weighted by molar-refractivity contribution is 7.80. The topological polar surface area (TPSA) is 29.3 Å². The summed E-state index contributed by atoms with van der Waals surface area (Å²) in [7, 11) is 0. The van der Waals surface area contributed by atoms with Gasteiger partial charge in [-0.1, -0.05) is 26.1 Å². The summed E-state index contributed by atoms with van der Waals surface area (Å²) >= 11 is 4.84. The second-order valence-corrected chi connectivity index (χ2v) is 3.31. The van der Waals surface area contributed by atoms with Crippen LogP contribution in [0.3, 0.4) is 0 Å². The molecule has 11 heavy (non-hydrogen) atoms. The summed E-state index contributed by atoms with van der Waals surface area (Å²) in [4.78, 5) is 2.87. The van der Waals surface area contributed by atoms with Crippen molar-refractivity contribution in [2.75, 3.05) is 13.1 Å². The number of nitrogens with two attached hydrogens (primary N) is 1. The highest BCUT2D eigenvalue weighted by atomic mass is 32.1. The minimum absolute atomic E-state index is 0.585. The third kappa shape index (κ3) is 4.32. The van der Waals surface area contributed by atoms with E-state index in [4.69, 9.17) is 18.0 Å². The molecule has 0 rings (SSSR count). The lowest BCUT2D eigenvalue weighted by atomic mass is 10.2. The molecule has 2 N–H and O–H groups in total. The normalized spacial score (nSPS) is 13.5. The maximum Gasteiger partial charge on any atom is 0.0870 e. The van der Waals surface area contributed by atoms with Gasteiger partial charge in [0.15, 0.2) is 0 Å². The van der Waals surface area contributed by atoms with Crippen molar-refractivity contribution in [1.82, 2.24) is 4.90 Å². The predicted molar refractivity (Wildman–Crippen MR) is 53.8 cm³/mol. The lowest BCUT2D eigenvalue weighted by Gasteiger charge is -2.25. The minimum atomic E-state index is 0.585. The average Bonchev–Trinajstić information content (AvgIpc) is 1.98. The van der Waals surface area contributed by atoms with E-state index in [0.29, 0.717) is 11.0 Å². The predicted octanol–water partition coefficient (Wildman–Crippen LogP) is 1.39. The van der Waals surface area contributed by atoms with E-state index in [9.17, 15) is 0 Å². The van der Waals surface area contributed by atoms with Crippen molar-refractivity contribution in [2.45, 2.75) is 33.2 Å². The van der Waals surface area contributed by atoms with Crippen molar-refractivity contribution >= 4 is 17.2 Å². The fourth-order valence-corrected chi connectivity index (χ4v) is 1.20. The van der Waals surface area contributed by atoms with Gasteiger partial charge in [0.25, 0.3) is 0 Å². The highest BCUT2D eigenvalue weighted by Crippen LogP contribution is 2.01. The molecule has 0 radical (unpaired) electrons. The Labute approximate surface area is 74.8 Å². The first kappa shape index (κ1) is 10.8. The molecule has 1 atom stereocenters. The second kappa shape index (κ2) is 5.49. The van der Waals surface area contributed by atoms with Crippen LogP contribution in [0, 0.1) is 0 Å². The van der Waals surface area contributed by atoms with Crippen LogP contribution >= 0.6 is 12.2 Å². The van der Waals surface area contributed by atoms with Crippen LogP contribution in [0.4, 0.5) is 0 Å². The summed E-state index contributed by atoms with van der Waals surface area (Å²) in [5.74, 6) is 0. The van der Waals surface area contributed by atoms with Gasteiger partial charge in [-0.15, -0.1) is 0 Å². The molecule has 0 heterocycles. The number of thiocarbonyl (C=S) groups is 1. The van der Waals surface area contributed by atoms with Gasteiger partial charge in [0.05, 0.1) is 4.99 Å². The lowest BCUT2D eigenvalue weighted by molar-refractivity contribution is 0.246. The largest absolute Gasteiger partial charge is 0.392 e. The molecule has 2 nitrogen and oxygen atoms in total. The first-order valence-corrected chi connectivity index (χ1v) is 4.55. The van der Waals surface area contributed by atoms with Crippen molar-refractivity contribution in [2.24, 2.45) is 5.73 Å². The molecule has 0 aromatic rings. The number of hydrogen-bond donors (Lipinski definition) is 1. The van der Waals surface area contributed by atoms with E-state index in [2.05, 4.69) is 25.7 Å². The van der Waals surface area contributed by atoms with Crippen molar-refractivity contribution < 1.29 is 0 Å². The molecule has 3 heteroatoms. The van der Waals surface area contributed by atoms with E-state index in [1.807, 2.05) is 0 Å². The van der Waals surface area contributed by atoms with Gasteiger partial charge in [-0.2, -0.15) is 0 Å². The summed E-state index contributed by atoms with van der Waals surface area (Å²) in [5.41, 5.74) is 5.45. The number of hydrogen-bond acceptors (Lipinski definition) is 2. The summed E-state index contributed by atoms with van der Waals surface area (Å²) in [6, 6.07) is 0.585. The Morgan fingerprint density at radius 2 is 2.09 bits per heavy atom. The first-order valence-electron chi connectivity index (χ1n) is 4.14. The minimum Gasteiger partial charge on any atom is -0.392 e. The van der Waals surface area contributed by atoms with Crippen LogP contribution in [0.5, 0.6) is 0 Å². The molecule has 0 fully saturated rings. The fraction of sp³-hybridized carbons (Fsp3) is 0.875. The standard InChI is InChI=1S/C8H18N2S/c1-4-7(3)10(5-2)6-8(9)11/h7H,4-6H2,1-3H3,(H2,9,11). The highest BCUT2D eigenvalue weighted by Gasteiger charge is 2.09. The van der Waals surface area contributed by atoms with Crippen LogP contribution in [-0.4, -0.2) is 29.0 Å². The molecule has 0 aliphatic heterocycles. The van der Waals surface area contributed by atoms with E-state index in [1.165, 1.54) is 0 Å². The molecule has 0 spiro atoms. The lowest BCUT2D eigenvalue weighted by Crippen LogP contribution is -2.38. The fourth-order valence-electron chi connectivity index (χ4n) is 1.04. The molecule has 0 aromatic heterocycles. The molecule has 1 unspecified atom stereocenters. The Bertz CT molecular complexity index is 125. The molecule has 0 aromatic carbocycles. The van der Waals surface area contributed by atoms with Gasteiger partial charge in [-0.3, -0.25) is 4.90 Å². The molecular weight excluding hydrogens is 156 g/mol. The molecule has 0 aliphatic rings. The average molecular weight is 174 g/mol. The molecule has 0 bridgehead atoms. The first-order chi connectivity index (χ1) is 5.11. The summed E-state index contributed by atoms with van der Waals surface area (Å²) in [6.07, 6.45) is 1.15.